The molecule has 0 heterocycles. The van der Waals surface area contributed by atoms with Crippen molar-refractivity contribution in [3.8, 4) is 0 Å². The first-order valence-corrected chi connectivity index (χ1v) is 10.6. The first kappa shape index (κ1) is 17.9. The normalized spacial score (nSPS) is 16.7. The predicted molar refractivity (Wildman–Crippen MR) is 83.3 cm³/mol. The Balaban J connectivity index is 3.81. The van der Waals surface area contributed by atoms with Gasteiger partial charge in [0.25, 0.3) is 0 Å². The highest BCUT2D eigenvalue weighted by atomic mass is 32.9. The molecule has 0 aromatic heterocycles. The molecule has 2 unspecified atom stereocenters. The van der Waals surface area contributed by atoms with Crippen molar-refractivity contribution in [3.63, 3.8) is 0 Å². The number of rotatable bonds is 11. The van der Waals surface area contributed by atoms with E-state index in [9.17, 15) is 4.89 Å². The molecule has 1 N–H and O–H groups in total. The maximum atomic E-state index is 9.50. The van der Waals surface area contributed by atoms with Crippen molar-refractivity contribution in [2.45, 2.75) is 77.7 Å². The van der Waals surface area contributed by atoms with Gasteiger partial charge in [-0.2, -0.15) is 0 Å². The second-order valence-corrected chi connectivity index (χ2v) is 9.68. The van der Waals surface area contributed by atoms with Crippen molar-refractivity contribution < 1.29 is 9.42 Å². The Morgan fingerprint density at radius 3 is 2.12 bits per heavy atom. The van der Waals surface area contributed by atoms with E-state index in [0.717, 1.165) is 32.1 Å². The first-order valence-electron chi connectivity index (χ1n) is 6.73. The topological polar surface area (TPSA) is 29.5 Å². The van der Waals surface area contributed by atoms with Gasteiger partial charge in [-0.3, -0.25) is 0 Å². The fourth-order valence-electron chi connectivity index (χ4n) is 1.85. The van der Waals surface area contributed by atoms with Crippen LogP contribution in [0.15, 0.2) is 0 Å². The molecular formula is C12H27O2PS2. The van der Waals surface area contributed by atoms with Gasteiger partial charge in [0.1, 0.15) is 0 Å². The van der Waals surface area contributed by atoms with E-state index >= 15 is 0 Å². The van der Waals surface area contributed by atoms with Crippen LogP contribution in [-0.2, 0) is 16.3 Å². The zero-order valence-electron chi connectivity index (χ0n) is 11.1. The van der Waals surface area contributed by atoms with Crippen LogP contribution in [0.2, 0.25) is 0 Å². The van der Waals surface area contributed by atoms with Crippen LogP contribution in [0.5, 0.6) is 0 Å². The Bertz CT molecular complexity index is 219. The van der Waals surface area contributed by atoms with Crippen molar-refractivity contribution in [1.82, 2.24) is 0 Å². The van der Waals surface area contributed by atoms with E-state index < -0.39 is 5.69 Å². The molecule has 0 aromatic rings. The van der Waals surface area contributed by atoms with Crippen LogP contribution in [0.1, 0.15) is 71.6 Å². The summed E-state index contributed by atoms with van der Waals surface area (Å²) in [5.74, 6) is 0. The fraction of sp³-hybridized carbons (Fsp3) is 1.00. The summed E-state index contributed by atoms with van der Waals surface area (Å²) >= 11 is 8.79. The maximum Gasteiger partial charge on any atom is 0.241 e. The molecule has 0 aliphatic heterocycles. The van der Waals surface area contributed by atoms with Crippen LogP contribution < -0.4 is 0 Å². The average Bonchev–Trinajstić information content (AvgIpc) is 2.23. The summed E-state index contributed by atoms with van der Waals surface area (Å²) in [6.07, 6.45) is 10.7. The lowest BCUT2D eigenvalue weighted by molar-refractivity contribution is 0.180. The lowest BCUT2D eigenvalue weighted by Gasteiger charge is -2.20. The summed E-state index contributed by atoms with van der Waals surface area (Å²) in [5, 5.41) is 0. The van der Waals surface area contributed by atoms with Crippen molar-refractivity contribution >= 4 is 29.7 Å². The molecule has 104 valence electrons. The molecule has 0 spiro atoms. The Kier molecular flexibility index (Phi) is 11.4. The van der Waals surface area contributed by atoms with Crippen LogP contribution in [0, 0.1) is 0 Å². The Morgan fingerprint density at radius 1 is 1.06 bits per heavy atom. The van der Waals surface area contributed by atoms with Crippen LogP contribution in [0.4, 0.5) is 0 Å². The highest BCUT2D eigenvalue weighted by Crippen LogP contribution is 2.49. The minimum Gasteiger partial charge on any atom is -0.338 e. The van der Waals surface area contributed by atoms with Crippen molar-refractivity contribution in [3.05, 3.63) is 0 Å². The molecule has 5 heteroatoms. The van der Waals surface area contributed by atoms with Crippen LogP contribution in [0.3, 0.4) is 0 Å². The summed E-state index contributed by atoms with van der Waals surface area (Å²) in [4.78, 5) is 9.50. The Morgan fingerprint density at radius 2 is 1.59 bits per heavy atom. The number of unbranched alkanes of at least 4 members (excludes halogenated alkanes) is 5. The third-order valence-corrected chi connectivity index (χ3v) is 3.91. The molecule has 17 heavy (non-hydrogen) atoms. The highest BCUT2D eigenvalue weighted by Gasteiger charge is 2.16. The molecule has 0 rings (SSSR count). The van der Waals surface area contributed by atoms with E-state index in [1.165, 1.54) is 25.7 Å². The van der Waals surface area contributed by atoms with Gasteiger partial charge in [0, 0.05) is 0 Å². The zero-order valence-corrected chi connectivity index (χ0v) is 13.7. The van der Waals surface area contributed by atoms with E-state index in [1.807, 2.05) is 0 Å². The third-order valence-electron chi connectivity index (χ3n) is 2.80. The van der Waals surface area contributed by atoms with Gasteiger partial charge >= 0.3 is 0 Å². The molecule has 0 saturated carbocycles. The van der Waals surface area contributed by atoms with Gasteiger partial charge in [-0.1, -0.05) is 71.0 Å². The summed E-state index contributed by atoms with van der Waals surface area (Å²) in [7, 11) is 0. The molecule has 2 nitrogen and oxygen atoms in total. The second kappa shape index (κ2) is 10.8. The van der Waals surface area contributed by atoms with Gasteiger partial charge in [0.15, 0.2) is 0 Å². The van der Waals surface area contributed by atoms with Gasteiger partial charge in [-0.15, -0.1) is 0 Å². The minimum atomic E-state index is -2.80. The van der Waals surface area contributed by atoms with Crippen LogP contribution >= 0.6 is 17.9 Å². The quantitative estimate of drug-likeness (QED) is 0.317. The molecule has 0 aliphatic rings. The number of thiol groups is 1. The van der Waals surface area contributed by atoms with E-state index in [4.69, 9.17) is 16.3 Å². The molecule has 0 aromatic carbocycles. The lowest BCUT2D eigenvalue weighted by Crippen LogP contribution is -2.10. The molecule has 0 fully saturated rings. The van der Waals surface area contributed by atoms with Crippen molar-refractivity contribution in [2.75, 3.05) is 0 Å². The lowest BCUT2D eigenvalue weighted by atomic mass is 10.0. The molecule has 0 amide bonds. The molecular weight excluding hydrogens is 271 g/mol. The van der Waals surface area contributed by atoms with E-state index in [2.05, 4.69) is 26.1 Å². The van der Waals surface area contributed by atoms with Crippen LogP contribution in [-0.4, -0.2) is 11.0 Å². The summed E-state index contributed by atoms with van der Waals surface area (Å²) < 4.78 is 5.49. The Labute approximate surface area is 117 Å². The Hall–Kier alpha value is 0.920. The van der Waals surface area contributed by atoms with Crippen molar-refractivity contribution in [1.29, 1.82) is 0 Å². The molecule has 0 saturated heterocycles. The van der Waals surface area contributed by atoms with E-state index in [-0.39, 0.29) is 6.10 Å². The van der Waals surface area contributed by atoms with E-state index in [0.29, 0.717) is 0 Å². The third kappa shape index (κ3) is 13.2. The number of hydrogen-bond donors (Lipinski definition) is 2. The monoisotopic (exact) mass is 298 g/mol. The fourth-order valence-corrected chi connectivity index (χ4v) is 3.22. The average molecular weight is 298 g/mol. The zero-order chi connectivity index (χ0) is 13.1. The molecule has 2 atom stereocenters. The summed E-state index contributed by atoms with van der Waals surface area (Å²) in [5.41, 5.74) is -2.80. The number of hydrogen-bond acceptors (Lipinski definition) is 2. The second-order valence-electron chi connectivity index (χ2n) is 4.56. The van der Waals surface area contributed by atoms with Gasteiger partial charge < -0.3 is 9.42 Å². The molecule has 0 radical (unpaired) electrons. The summed E-state index contributed by atoms with van der Waals surface area (Å²) in [6, 6.07) is 0. The standard InChI is InChI=1S/C12H27O2PS2/c1-3-5-7-8-9-11-12(10-6-4-2)14-15(13,16)17/h12H,3-11H2,1-2H3,(H2,13,16,17). The molecule has 0 aliphatic carbocycles. The first-order chi connectivity index (χ1) is 7.99. The van der Waals surface area contributed by atoms with Gasteiger partial charge in [0.05, 0.1) is 6.10 Å². The van der Waals surface area contributed by atoms with Gasteiger partial charge in [-0.25, -0.2) is 0 Å². The van der Waals surface area contributed by atoms with Crippen LogP contribution in [0.25, 0.3) is 0 Å². The highest BCUT2D eigenvalue weighted by molar-refractivity contribution is 8.59. The minimum absolute atomic E-state index is 0.102. The SMILES string of the molecule is CCCCCCCC(CCCC)OP(O)(=S)S. The smallest absolute Gasteiger partial charge is 0.241 e. The molecule has 0 bridgehead atoms. The predicted octanol–water partition coefficient (Wildman–Crippen LogP) is 5.07. The largest absolute Gasteiger partial charge is 0.338 e. The van der Waals surface area contributed by atoms with Gasteiger partial charge in [0.2, 0.25) is 5.69 Å². The summed E-state index contributed by atoms with van der Waals surface area (Å²) in [6.45, 7) is 4.38. The maximum absolute atomic E-state index is 9.50. The van der Waals surface area contributed by atoms with E-state index in [1.54, 1.807) is 0 Å². The van der Waals surface area contributed by atoms with Gasteiger partial charge in [-0.05, 0) is 24.6 Å². The van der Waals surface area contributed by atoms with Crippen molar-refractivity contribution in [2.24, 2.45) is 0 Å².